The number of carbonyl (C=O) groups excluding carboxylic acids is 1. The second-order valence-corrected chi connectivity index (χ2v) is 10.1. The van der Waals surface area contributed by atoms with Gasteiger partial charge in [-0.05, 0) is 56.2 Å². The van der Waals surface area contributed by atoms with E-state index in [1.54, 1.807) is 6.07 Å². The third kappa shape index (κ3) is 5.59. The van der Waals surface area contributed by atoms with Gasteiger partial charge in [-0.15, -0.1) is 5.10 Å². The van der Waals surface area contributed by atoms with E-state index in [9.17, 15) is 4.79 Å². The molecule has 0 saturated carbocycles. The number of rotatable bonds is 7. The van der Waals surface area contributed by atoms with Gasteiger partial charge in [0.25, 0.3) is 11.1 Å². The van der Waals surface area contributed by atoms with Gasteiger partial charge in [0.15, 0.2) is 0 Å². The van der Waals surface area contributed by atoms with Crippen LogP contribution in [0, 0.1) is 6.92 Å². The van der Waals surface area contributed by atoms with Gasteiger partial charge in [0.05, 0.1) is 25.5 Å². The molecule has 1 N–H and O–H groups in total. The molecule has 0 unspecified atom stereocenters. The highest BCUT2D eigenvalue weighted by molar-refractivity contribution is 7.17. The molecule has 12 heteroatoms. The molecular weight excluding hydrogens is 504 g/mol. The van der Waals surface area contributed by atoms with Gasteiger partial charge in [-0.25, -0.2) is 4.98 Å². The lowest BCUT2D eigenvalue weighted by Crippen LogP contribution is -2.46. The fraction of sp³-hybridized carbons (Fsp3) is 0.458. The van der Waals surface area contributed by atoms with Crippen LogP contribution in [0.2, 0.25) is 5.15 Å². The van der Waals surface area contributed by atoms with Crippen molar-refractivity contribution in [3.8, 4) is 22.1 Å². The van der Waals surface area contributed by atoms with Gasteiger partial charge in [-0.2, -0.15) is 0 Å². The van der Waals surface area contributed by atoms with Gasteiger partial charge in [-0.3, -0.25) is 20.0 Å². The fourth-order valence-electron chi connectivity index (χ4n) is 4.57. The number of nitrogens with zero attached hydrogens (tertiary/aromatic N) is 5. The lowest BCUT2D eigenvalue weighted by atomic mass is 10.0. The molecular formula is C24H27ClN6O4S. The highest BCUT2D eigenvalue weighted by atomic mass is 35.5. The number of pyridine rings is 2. The Bertz CT molecular complexity index is 1240. The number of piperidine rings is 1. The van der Waals surface area contributed by atoms with E-state index in [1.165, 1.54) is 30.8 Å². The molecule has 5 rings (SSSR count). The number of anilines is 1. The first-order valence-corrected chi connectivity index (χ1v) is 13.0. The Balaban J connectivity index is 1.29. The Morgan fingerprint density at radius 2 is 2.11 bits per heavy atom. The van der Waals surface area contributed by atoms with E-state index in [4.69, 9.17) is 25.8 Å². The first-order valence-electron chi connectivity index (χ1n) is 11.8. The van der Waals surface area contributed by atoms with Crippen molar-refractivity contribution in [3.63, 3.8) is 0 Å². The van der Waals surface area contributed by atoms with E-state index in [1.807, 2.05) is 13.0 Å². The van der Waals surface area contributed by atoms with E-state index < -0.39 is 0 Å². The molecule has 2 aliphatic rings. The number of aryl methyl sites for hydroxylation is 1. The van der Waals surface area contributed by atoms with Crippen LogP contribution in [0.1, 0.15) is 35.3 Å². The van der Waals surface area contributed by atoms with Gasteiger partial charge in [0.1, 0.15) is 17.0 Å². The normalized spacial score (nSPS) is 20.3. The Kier molecular flexibility index (Phi) is 7.61. The van der Waals surface area contributed by atoms with Crippen molar-refractivity contribution in [1.29, 1.82) is 0 Å². The first kappa shape index (κ1) is 24.8. The summed E-state index contributed by atoms with van der Waals surface area (Å²) in [4.78, 5) is 24.0. The van der Waals surface area contributed by atoms with E-state index in [0.717, 1.165) is 51.3 Å². The third-order valence-electron chi connectivity index (χ3n) is 6.36. The molecule has 190 valence electrons. The zero-order chi connectivity index (χ0) is 25.1. The van der Waals surface area contributed by atoms with Crippen molar-refractivity contribution >= 4 is 34.0 Å². The minimum atomic E-state index is -0.375. The Labute approximate surface area is 218 Å². The number of likely N-dealkylation sites (tertiary alicyclic amines) is 1. The molecule has 5 heterocycles. The second-order valence-electron chi connectivity index (χ2n) is 8.80. The zero-order valence-electron chi connectivity index (χ0n) is 20.1. The molecule has 1 amide bonds. The smallest absolute Gasteiger partial charge is 0.296 e. The summed E-state index contributed by atoms with van der Waals surface area (Å²) in [5.74, 6) is 0.122. The summed E-state index contributed by atoms with van der Waals surface area (Å²) < 4.78 is 17.1. The van der Waals surface area contributed by atoms with Gasteiger partial charge < -0.3 is 14.2 Å². The number of carbonyl (C=O) groups is 1. The maximum Gasteiger partial charge on any atom is 0.296 e. The minimum absolute atomic E-state index is 0.0349. The van der Waals surface area contributed by atoms with Crippen molar-refractivity contribution in [2.24, 2.45) is 0 Å². The van der Waals surface area contributed by atoms with Gasteiger partial charge in [0, 0.05) is 42.2 Å². The number of hydrogen-bond donors (Lipinski definition) is 1. The average Bonchev–Trinajstić information content (AvgIpc) is 3.57. The lowest BCUT2D eigenvalue weighted by Gasteiger charge is -2.35. The van der Waals surface area contributed by atoms with Crippen molar-refractivity contribution in [2.75, 3.05) is 38.7 Å². The SMILES string of the molecule is COc1cnc(Cl)cc1-c1cc(C)ncc1C(=O)Nc1nnc(O[C@H]2CCCN([C@@H]3CCOC3)C2)s1. The van der Waals surface area contributed by atoms with Crippen LogP contribution in [0.15, 0.2) is 24.5 Å². The molecule has 36 heavy (non-hydrogen) atoms. The zero-order valence-corrected chi connectivity index (χ0v) is 21.6. The number of ether oxygens (including phenoxy) is 3. The number of halogens is 1. The van der Waals surface area contributed by atoms with Crippen molar-refractivity contribution in [1.82, 2.24) is 25.1 Å². The highest BCUT2D eigenvalue weighted by Gasteiger charge is 2.30. The fourth-order valence-corrected chi connectivity index (χ4v) is 5.39. The van der Waals surface area contributed by atoms with Crippen LogP contribution >= 0.6 is 22.9 Å². The molecule has 2 atom stereocenters. The maximum atomic E-state index is 13.2. The average molecular weight is 531 g/mol. The summed E-state index contributed by atoms with van der Waals surface area (Å²) in [6.07, 6.45) is 6.17. The van der Waals surface area contributed by atoms with Crippen LogP contribution in [0.4, 0.5) is 5.13 Å². The number of amides is 1. The minimum Gasteiger partial charge on any atom is -0.494 e. The predicted molar refractivity (Wildman–Crippen MR) is 136 cm³/mol. The van der Waals surface area contributed by atoms with E-state index in [-0.39, 0.29) is 12.0 Å². The summed E-state index contributed by atoms with van der Waals surface area (Å²) in [5.41, 5.74) is 2.36. The van der Waals surface area contributed by atoms with E-state index in [0.29, 0.717) is 44.0 Å². The summed E-state index contributed by atoms with van der Waals surface area (Å²) in [5, 5.41) is 12.1. The Morgan fingerprint density at radius 3 is 2.92 bits per heavy atom. The summed E-state index contributed by atoms with van der Waals surface area (Å²) in [7, 11) is 1.54. The summed E-state index contributed by atoms with van der Waals surface area (Å²) in [6, 6.07) is 3.93. The molecule has 0 spiro atoms. The molecule has 2 fully saturated rings. The number of hydrogen-bond acceptors (Lipinski definition) is 10. The molecule has 0 aliphatic carbocycles. The van der Waals surface area contributed by atoms with Gasteiger partial charge >= 0.3 is 0 Å². The van der Waals surface area contributed by atoms with Crippen molar-refractivity contribution < 1.29 is 19.0 Å². The van der Waals surface area contributed by atoms with E-state index >= 15 is 0 Å². The van der Waals surface area contributed by atoms with E-state index in [2.05, 4.69) is 30.4 Å². The number of methoxy groups -OCH3 is 1. The first-order chi connectivity index (χ1) is 17.5. The molecule has 2 aliphatic heterocycles. The molecule has 0 aromatic carbocycles. The molecule has 0 radical (unpaired) electrons. The maximum absolute atomic E-state index is 13.2. The molecule has 0 bridgehead atoms. The third-order valence-corrected chi connectivity index (χ3v) is 7.29. The molecule has 2 saturated heterocycles. The van der Waals surface area contributed by atoms with Crippen LogP contribution < -0.4 is 14.8 Å². The quantitative estimate of drug-likeness (QED) is 0.455. The van der Waals surface area contributed by atoms with Gasteiger partial charge in [0.2, 0.25) is 5.13 Å². The van der Waals surface area contributed by atoms with Crippen LogP contribution in [0.25, 0.3) is 11.1 Å². The molecule has 10 nitrogen and oxygen atoms in total. The molecule has 3 aromatic rings. The summed E-state index contributed by atoms with van der Waals surface area (Å²) >= 11 is 7.33. The van der Waals surface area contributed by atoms with Gasteiger partial charge in [-0.1, -0.05) is 16.7 Å². The standard InChI is InChI=1S/C24H27ClN6O4S/c1-14-8-17(18-9-21(25)27-11-20(18)33-2)19(10-26-14)22(32)28-23-29-30-24(36-23)35-16-4-3-6-31(12-16)15-5-7-34-13-15/h8-11,15-16H,3-7,12-13H2,1-2H3,(H,28,29,32)/t15-,16+/m1/s1. The van der Waals surface area contributed by atoms with Crippen LogP contribution in [-0.4, -0.2) is 76.5 Å². The topological polar surface area (TPSA) is 112 Å². The second kappa shape index (κ2) is 11.0. The van der Waals surface area contributed by atoms with Crippen LogP contribution in [0.5, 0.6) is 10.9 Å². The molecule has 3 aromatic heterocycles. The number of nitrogens with one attached hydrogen (secondary N) is 1. The highest BCUT2D eigenvalue weighted by Crippen LogP contribution is 2.34. The number of aromatic nitrogens is 4. The summed E-state index contributed by atoms with van der Waals surface area (Å²) in [6.45, 7) is 5.36. The lowest BCUT2D eigenvalue weighted by molar-refractivity contribution is 0.0551. The Hall–Kier alpha value is -2.86. The van der Waals surface area contributed by atoms with Crippen LogP contribution in [0.3, 0.4) is 0 Å². The van der Waals surface area contributed by atoms with Crippen molar-refractivity contribution in [2.45, 2.75) is 38.3 Å². The largest absolute Gasteiger partial charge is 0.494 e. The van der Waals surface area contributed by atoms with Crippen molar-refractivity contribution in [3.05, 3.63) is 40.9 Å². The Morgan fingerprint density at radius 1 is 1.22 bits per heavy atom. The monoisotopic (exact) mass is 530 g/mol. The van der Waals surface area contributed by atoms with Crippen LogP contribution in [-0.2, 0) is 4.74 Å². The predicted octanol–water partition coefficient (Wildman–Crippen LogP) is 3.85.